The number of amides is 2. The summed E-state index contributed by atoms with van der Waals surface area (Å²) in [6.45, 7) is 2.96. The van der Waals surface area contributed by atoms with Crippen LogP contribution in [0.5, 0.6) is 0 Å². The van der Waals surface area contributed by atoms with Crippen molar-refractivity contribution in [2.24, 2.45) is 0 Å². The highest BCUT2D eigenvalue weighted by atomic mass is 19.1. The number of urea groups is 1. The van der Waals surface area contributed by atoms with Crippen LogP contribution in [-0.4, -0.2) is 56.8 Å². The molecular formula is C20H20FN7O2. The molecule has 2 amide bonds. The summed E-state index contributed by atoms with van der Waals surface area (Å²) in [5.74, 6) is 1.02. The van der Waals surface area contributed by atoms with E-state index in [1.54, 1.807) is 22.2 Å². The number of hydrogen-bond donors (Lipinski definition) is 1. The highest BCUT2D eigenvalue weighted by molar-refractivity contribution is 5.95. The van der Waals surface area contributed by atoms with Crippen LogP contribution in [0.4, 0.5) is 14.9 Å². The van der Waals surface area contributed by atoms with Crippen LogP contribution in [0.2, 0.25) is 0 Å². The second kappa shape index (κ2) is 6.63. The van der Waals surface area contributed by atoms with E-state index in [0.717, 1.165) is 31.6 Å². The number of fused-ring (bicyclic) bond motifs is 3. The SMILES string of the molecule is O=C(N1CCNCC1)N1Cc2c(-c3noc(C4CC4)n3)ncn2-c2ccc(F)cc21. The van der Waals surface area contributed by atoms with Gasteiger partial charge in [0.1, 0.15) is 17.8 Å². The Morgan fingerprint density at radius 1 is 1.20 bits per heavy atom. The molecule has 0 bridgehead atoms. The van der Waals surface area contributed by atoms with E-state index in [9.17, 15) is 9.18 Å². The molecule has 30 heavy (non-hydrogen) atoms. The maximum Gasteiger partial charge on any atom is 0.325 e. The Bertz CT molecular complexity index is 1130. The van der Waals surface area contributed by atoms with Crippen LogP contribution >= 0.6 is 0 Å². The van der Waals surface area contributed by atoms with Gasteiger partial charge in [-0.15, -0.1) is 0 Å². The zero-order valence-corrected chi connectivity index (χ0v) is 16.2. The molecule has 1 aliphatic carbocycles. The maximum atomic E-state index is 14.1. The van der Waals surface area contributed by atoms with Gasteiger partial charge >= 0.3 is 6.03 Å². The first-order chi connectivity index (χ1) is 14.7. The van der Waals surface area contributed by atoms with Crippen LogP contribution in [0.15, 0.2) is 29.0 Å². The number of imidazole rings is 1. The average molecular weight is 409 g/mol. The van der Waals surface area contributed by atoms with Gasteiger partial charge in [0, 0.05) is 32.1 Å². The van der Waals surface area contributed by atoms with Crippen molar-refractivity contribution >= 4 is 11.7 Å². The van der Waals surface area contributed by atoms with Gasteiger partial charge in [-0.2, -0.15) is 4.98 Å². The molecule has 2 fully saturated rings. The van der Waals surface area contributed by atoms with Gasteiger partial charge in [0.2, 0.25) is 11.7 Å². The summed E-state index contributed by atoms with van der Waals surface area (Å²) in [4.78, 5) is 25.8. The number of piperazine rings is 1. The Kier molecular flexibility index (Phi) is 3.88. The van der Waals surface area contributed by atoms with Gasteiger partial charge in [-0.25, -0.2) is 14.2 Å². The van der Waals surface area contributed by atoms with Gasteiger partial charge in [-0.3, -0.25) is 9.47 Å². The van der Waals surface area contributed by atoms with Crippen molar-refractivity contribution in [3.63, 3.8) is 0 Å². The third kappa shape index (κ3) is 2.78. The van der Waals surface area contributed by atoms with E-state index in [1.807, 2.05) is 4.57 Å². The first kappa shape index (κ1) is 17.6. The smallest absolute Gasteiger partial charge is 0.325 e. The molecular weight excluding hydrogens is 389 g/mol. The van der Waals surface area contributed by atoms with Gasteiger partial charge in [0.05, 0.1) is 23.6 Å². The molecule has 2 aromatic heterocycles. The van der Waals surface area contributed by atoms with Crippen LogP contribution < -0.4 is 10.2 Å². The maximum absolute atomic E-state index is 14.1. The molecule has 3 aromatic rings. The van der Waals surface area contributed by atoms with Crippen molar-refractivity contribution in [3.8, 4) is 17.2 Å². The van der Waals surface area contributed by atoms with E-state index in [4.69, 9.17) is 4.52 Å². The first-order valence-corrected chi connectivity index (χ1v) is 10.2. The zero-order valence-electron chi connectivity index (χ0n) is 16.2. The molecule has 154 valence electrons. The fourth-order valence-electron chi connectivity index (χ4n) is 4.10. The standard InChI is InChI=1S/C20H20FN7O2/c21-13-3-4-14-15(9-13)27(20(29)26-7-5-22-6-8-26)10-16-17(23-11-28(14)16)18-24-19(30-25-18)12-1-2-12/h3-4,9,11-12,22H,1-2,5-8,10H2. The fraction of sp³-hybridized carbons (Fsp3) is 0.400. The minimum Gasteiger partial charge on any atom is -0.339 e. The van der Waals surface area contributed by atoms with Crippen LogP contribution in [-0.2, 0) is 6.54 Å². The fourth-order valence-corrected chi connectivity index (χ4v) is 4.10. The number of nitrogens with zero attached hydrogens (tertiary/aromatic N) is 6. The van der Waals surface area contributed by atoms with Crippen LogP contribution in [0.3, 0.4) is 0 Å². The molecule has 0 atom stereocenters. The summed E-state index contributed by atoms with van der Waals surface area (Å²) in [6, 6.07) is 4.31. The van der Waals surface area contributed by atoms with Crippen molar-refractivity contribution in [2.75, 3.05) is 31.1 Å². The lowest BCUT2D eigenvalue weighted by atomic mass is 10.1. The van der Waals surface area contributed by atoms with Crippen LogP contribution in [0, 0.1) is 5.82 Å². The molecule has 3 aliphatic rings. The predicted octanol–water partition coefficient (Wildman–Crippen LogP) is 2.28. The van der Waals surface area contributed by atoms with Gasteiger partial charge in [-0.05, 0) is 31.0 Å². The molecule has 1 saturated heterocycles. The second-order valence-corrected chi connectivity index (χ2v) is 7.88. The van der Waals surface area contributed by atoms with E-state index >= 15 is 0 Å². The Morgan fingerprint density at radius 3 is 2.83 bits per heavy atom. The molecule has 1 saturated carbocycles. The van der Waals surface area contributed by atoms with Crippen molar-refractivity contribution in [2.45, 2.75) is 25.3 Å². The Balaban J connectivity index is 1.42. The van der Waals surface area contributed by atoms with Crippen molar-refractivity contribution < 1.29 is 13.7 Å². The molecule has 10 heteroatoms. The zero-order chi connectivity index (χ0) is 20.2. The van der Waals surface area contributed by atoms with Crippen LogP contribution in [0.25, 0.3) is 17.2 Å². The summed E-state index contributed by atoms with van der Waals surface area (Å²) in [5.41, 5.74) is 2.59. The van der Waals surface area contributed by atoms with E-state index in [0.29, 0.717) is 47.8 Å². The van der Waals surface area contributed by atoms with Crippen molar-refractivity contribution in [1.29, 1.82) is 0 Å². The lowest BCUT2D eigenvalue weighted by Crippen LogP contribution is -2.52. The monoisotopic (exact) mass is 409 g/mol. The summed E-state index contributed by atoms with van der Waals surface area (Å²) >= 11 is 0. The number of hydrogen-bond acceptors (Lipinski definition) is 6. The summed E-state index contributed by atoms with van der Waals surface area (Å²) in [6.07, 6.45) is 3.80. The predicted molar refractivity (Wildman–Crippen MR) is 105 cm³/mol. The number of anilines is 1. The first-order valence-electron chi connectivity index (χ1n) is 10.2. The number of benzene rings is 1. The van der Waals surface area contributed by atoms with Crippen molar-refractivity contribution in [3.05, 3.63) is 41.9 Å². The number of aromatic nitrogens is 4. The highest BCUT2D eigenvalue weighted by Crippen LogP contribution is 2.40. The van der Waals surface area contributed by atoms with E-state index < -0.39 is 0 Å². The largest absolute Gasteiger partial charge is 0.339 e. The third-order valence-electron chi connectivity index (χ3n) is 5.86. The lowest BCUT2D eigenvalue weighted by molar-refractivity contribution is 0.196. The Hall–Kier alpha value is -3.27. The molecule has 2 aliphatic heterocycles. The summed E-state index contributed by atoms with van der Waals surface area (Å²) in [5, 5.41) is 7.36. The molecule has 6 rings (SSSR count). The lowest BCUT2D eigenvalue weighted by Gasteiger charge is -2.36. The Morgan fingerprint density at radius 2 is 2.03 bits per heavy atom. The number of halogens is 1. The van der Waals surface area contributed by atoms with E-state index in [1.165, 1.54) is 12.1 Å². The quantitative estimate of drug-likeness (QED) is 0.698. The average Bonchev–Trinajstić information content (AvgIpc) is 3.35. The van der Waals surface area contributed by atoms with Crippen LogP contribution in [0.1, 0.15) is 30.3 Å². The second-order valence-electron chi connectivity index (χ2n) is 7.88. The molecule has 4 heterocycles. The summed E-state index contributed by atoms with van der Waals surface area (Å²) in [7, 11) is 0. The number of rotatable bonds is 2. The normalized spacial score (nSPS) is 18.3. The van der Waals surface area contributed by atoms with Gasteiger partial charge in [0.15, 0.2) is 0 Å². The number of carbonyl (C=O) groups excluding carboxylic acids is 1. The highest BCUT2D eigenvalue weighted by Gasteiger charge is 2.35. The molecule has 9 nitrogen and oxygen atoms in total. The Labute approximate surface area is 171 Å². The molecule has 0 unspecified atom stereocenters. The third-order valence-corrected chi connectivity index (χ3v) is 5.86. The topological polar surface area (TPSA) is 92.3 Å². The number of carbonyl (C=O) groups is 1. The van der Waals surface area contributed by atoms with Gasteiger partial charge < -0.3 is 14.7 Å². The molecule has 0 radical (unpaired) electrons. The minimum absolute atomic E-state index is 0.145. The molecule has 0 spiro atoms. The van der Waals surface area contributed by atoms with E-state index in [-0.39, 0.29) is 18.4 Å². The van der Waals surface area contributed by atoms with Gasteiger partial charge in [0.25, 0.3) is 0 Å². The van der Waals surface area contributed by atoms with E-state index in [2.05, 4.69) is 20.4 Å². The van der Waals surface area contributed by atoms with Gasteiger partial charge in [-0.1, -0.05) is 5.16 Å². The minimum atomic E-state index is -0.386. The summed E-state index contributed by atoms with van der Waals surface area (Å²) < 4.78 is 21.4. The van der Waals surface area contributed by atoms with Crippen molar-refractivity contribution in [1.82, 2.24) is 29.9 Å². The molecule has 1 N–H and O–H groups in total. The number of nitrogens with one attached hydrogen (secondary N) is 1. The molecule has 1 aromatic carbocycles.